The first-order valence-corrected chi connectivity index (χ1v) is 6.70. The molecule has 0 amide bonds. The normalized spacial score (nSPS) is 13.3. The zero-order valence-electron chi connectivity index (χ0n) is 12.3. The van der Waals surface area contributed by atoms with Crippen molar-refractivity contribution in [2.24, 2.45) is 0 Å². The smallest absolute Gasteiger partial charge is 0.337 e. The van der Waals surface area contributed by atoms with Crippen LogP contribution in [0.5, 0.6) is 0 Å². The number of carboxylic acids is 1. The molecule has 1 aromatic carbocycles. The van der Waals surface area contributed by atoms with Crippen LogP contribution < -0.4 is 0 Å². The highest BCUT2D eigenvalue weighted by atomic mass is 16.5. The minimum absolute atomic E-state index is 0.256. The molecule has 5 heteroatoms. The van der Waals surface area contributed by atoms with Crippen molar-refractivity contribution in [3.8, 4) is 0 Å². The first-order valence-electron chi connectivity index (χ1n) is 6.70. The van der Waals surface area contributed by atoms with Crippen LogP contribution in [0.15, 0.2) is 36.4 Å². The van der Waals surface area contributed by atoms with Crippen LogP contribution in [0, 0.1) is 0 Å². The molecule has 0 heterocycles. The van der Waals surface area contributed by atoms with Crippen LogP contribution in [0.1, 0.15) is 42.1 Å². The third-order valence-electron chi connectivity index (χ3n) is 3.43. The van der Waals surface area contributed by atoms with Crippen LogP contribution in [0.3, 0.4) is 0 Å². The monoisotopic (exact) mass is 292 g/mol. The molecule has 0 aromatic heterocycles. The average molecular weight is 292 g/mol. The number of rotatable bonds is 7. The van der Waals surface area contributed by atoms with Crippen LogP contribution in [-0.2, 0) is 15.1 Å². The lowest BCUT2D eigenvalue weighted by atomic mass is 9.82. The fraction of sp³-hybridized carbons (Fsp3) is 0.375. The lowest BCUT2D eigenvalue weighted by Crippen LogP contribution is -2.32. The third-order valence-corrected chi connectivity index (χ3v) is 3.43. The van der Waals surface area contributed by atoms with E-state index in [-0.39, 0.29) is 12.0 Å². The van der Waals surface area contributed by atoms with Crippen LogP contribution in [0.4, 0.5) is 0 Å². The predicted molar refractivity (Wildman–Crippen MR) is 78.0 cm³/mol. The molecule has 0 radical (unpaired) electrons. The van der Waals surface area contributed by atoms with Gasteiger partial charge in [-0.2, -0.15) is 0 Å². The second kappa shape index (κ2) is 7.04. The molecule has 114 valence electrons. The van der Waals surface area contributed by atoms with E-state index in [0.717, 1.165) is 6.42 Å². The van der Waals surface area contributed by atoms with Crippen molar-refractivity contribution in [3.63, 3.8) is 0 Å². The zero-order chi connectivity index (χ0) is 16.0. The van der Waals surface area contributed by atoms with Gasteiger partial charge in [0.15, 0.2) is 0 Å². The Morgan fingerprint density at radius 3 is 2.29 bits per heavy atom. The second-order valence-electron chi connectivity index (χ2n) is 4.82. The van der Waals surface area contributed by atoms with E-state index in [4.69, 9.17) is 5.11 Å². The van der Waals surface area contributed by atoms with Gasteiger partial charge < -0.3 is 14.9 Å². The Balaban J connectivity index is 3.17. The van der Waals surface area contributed by atoms with Gasteiger partial charge >= 0.3 is 11.9 Å². The molecular weight excluding hydrogens is 272 g/mol. The van der Waals surface area contributed by atoms with Gasteiger partial charge in [-0.15, -0.1) is 0 Å². The SMILES string of the molecule is C=C(C(=O)O)C(O)(CCCC)c1ccc(C(=O)OC)cc1. The van der Waals surface area contributed by atoms with E-state index in [2.05, 4.69) is 11.3 Å². The number of carbonyl (C=O) groups excluding carboxylic acids is 1. The predicted octanol–water partition coefficient (Wildman–Crippen LogP) is 2.49. The summed E-state index contributed by atoms with van der Waals surface area (Å²) in [4.78, 5) is 22.6. The van der Waals surface area contributed by atoms with Gasteiger partial charge in [-0.25, -0.2) is 9.59 Å². The van der Waals surface area contributed by atoms with E-state index in [1.165, 1.54) is 31.4 Å². The first kappa shape index (κ1) is 16.9. The number of ether oxygens (including phenoxy) is 1. The summed E-state index contributed by atoms with van der Waals surface area (Å²) >= 11 is 0. The first-order chi connectivity index (χ1) is 9.86. The molecule has 21 heavy (non-hydrogen) atoms. The summed E-state index contributed by atoms with van der Waals surface area (Å²) in [5.74, 6) is -1.73. The van der Waals surface area contributed by atoms with Crippen molar-refractivity contribution in [2.45, 2.75) is 31.8 Å². The Kier molecular flexibility index (Phi) is 5.67. The van der Waals surface area contributed by atoms with E-state index in [0.29, 0.717) is 17.5 Å². The fourth-order valence-corrected chi connectivity index (χ4v) is 2.08. The number of carboxylic acid groups (broad SMARTS) is 1. The summed E-state index contributed by atoms with van der Waals surface area (Å²) in [5, 5.41) is 19.9. The van der Waals surface area contributed by atoms with Crippen molar-refractivity contribution < 1.29 is 24.5 Å². The van der Waals surface area contributed by atoms with Crippen molar-refractivity contribution >= 4 is 11.9 Å². The highest BCUT2D eigenvalue weighted by molar-refractivity contribution is 5.90. The van der Waals surface area contributed by atoms with Gasteiger partial charge in [0.05, 0.1) is 18.2 Å². The molecule has 1 atom stereocenters. The number of benzene rings is 1. The molecule has 0 spiro atoms. The van der Waals surface area contributed by atoms with Crippen LogP contribution in [0.25, 0.3) is 0 Å². The fourth-order valence-electron chi connectivity index (χ4n) is 2.08. The molecule has 0 saturated carbocycles. The third kappa shape index (κ3) is 3.70. The van der Waals surface area contributed by atoms with Crippen molar-refractivity contribution in [1.82, 2.24) is 0 Å². The zero-order valence-corrected chi connectivity index (χ0v) is 12.3. The van der Waals surface area contributed by atoms with Crippen LogP contribution in [0.2, 0.25) is 0 Å². The maximum atomic E-state index is 11.4. The van der Waals surface area contributed by atoms with E-state index >= 15 is 0 Å². The van der Waals surface area contributed by atoms with E-state index < -0.39 is 17.5 Å². The number of carbonyl (C=O) groups is 2. The Labute approximate surface area is 123 Å². The van der Waals surface area contributed by atoms with E-state index in [1.807, 2.05) is 6.92 Å². The molecule has 5 nitrogen and oxygen atoms in total. The average Bonchev–Trinajstić information content (AvgIpc) is 2.51. The van der Waals surface area contributed by atoms with E-state index in [1.54, 1.807) is 0 Å². The molecule has 0 saturated heterocycles. The second-order valence-corrected chi connectivity index (χ2v) is 4.82. The molecule has 1 unspecified atom stereocenters. The molecule has 2 N–H and O–H groups in total. The summed E-state index contributed by atoms with van der Waals surface area (Å²) < 4.78 is 4.60. The molecule has 0 aliphatic heterocycles. The Morgan fingerprint density at radius 2 is 1.86 bits per heavy atom. The quantitative estimate of drug-likeness (QED) is 0.596. The van der Waals surface area contributed by atoms with Crippen molar-refractivity contribution in [1.29, 1.82) is 0 Å². The minimum Gasteiger partial charge on any atom is -0.478 e. The minimum atomic E-state index is -1.64. The topological polar surface area (TPSA) is 83.8 Å². The molecule has 1 aromatic rings. The number of esters is 1. The number of hydrogen-bond donors (Lipinski definition) is 2. The van der Waals surface area contributed by atoms with Crippen molar-refractivity contribution in [2.75, 3.05) is 7.11 Å². The maximum absolute atomic E-state index is 11.4. The van der Waals surface area contributed by atoms with Crippen LogP contribution in [-0.4, -0.2) is 29.3 Å². The molecule has 0 aliphatic rings. The molecule has 0 fully saturated rings. The van der Waals surface area contributed by atoms with Gasteiger partial charge in [-0.1, -0.05) is 38.5 Å². The Morgan fingerprint density at radius 1 is 1.29 bits per heavy atom. The Hall–Kier alpha value is -2.14. The standard InChI is InChI=1S/C16H20O5/c1-4-5-10-16(20,11(2)14(17)18)13-8-6-12(7-9-13)15(19)21-3/h6-9,20H,2,4-5,10H2,1,3H3,(H,17,18). The van der Waals surface area contributed by atoms with Gasteiger partial charge in [0.1, 0.15) is 5.60 Å². The molecule has 0 bridgehead atoms. The summed E-state index contributed by atoms with van der Waals surface area (Å²) in [6.45, 7) is 5.44. The summed E-state index contributed by atoms with van der Waals surface area (Å²) in [5.41, 5.74) is -1.19. The van der Waals surface area contributed by atoms with Gasteiger partial charge in [0, 0.05) is 0 Å². The number of methoxy groups -OCH3 is 1. The summed E-state index contributed by atoms with van der Waals surface area (Å²) in [7, 11) is 1.28. The number of hydrogen-bond acceptors (Lipinski definition) is 4. The van der Waals surface area contributed by atoms with Gasteiger partial charge in [0.25, 0.3) is 0 Å². The number of aliphatic carboxylic acids is 1. The van der Waals surface area contributed by atoms with Gasteiger partial charge in [-0.3, -0.25) is 0 Å². The van der Waals surface area contributed by atoms with Crippen LogP contribution >= 0.6 is 0 Å². The molecule has 0 aliphatic carbocycles. The van der Waals surface area contributed by atoms with E-state index in [9.17, 15) is 14.7 Å². The highest BCUT2D eigenvalue weighted by Gasteiger charge is 2.35. The van der Waals surface area contributed by atoms with Gasteiger partial charge in [0.2, 0.25) is 0 Å². The van der Waals surface area contributed by atoms with Gasteiger partial charge in [-0.05, 0) is 24.1 Å². The highest BCUT2D eigenvalue weighted by Crippen LogP contribution is 2.34. The lowest BCUT2D eigenvalue weighted by Gasteiger charge is -2.29. The lowest BCUT2D eigenvalue weighted by molar-refractivity contribution is -0.135. The summed E-state index contributed by atoms with van der Waals surface area (Å²) in [6, 6.07) is 6.03. The number of unbranched alkanes of at least 4 members (excludes halogenated alkanes) is 1. The molecule has 1 rings (SSSR count). The summed E-state index contributed by atoms with van der Waals surface area (Å²) in [6.07, 6.45) is 1.73. The maximum Gasteiger partial charge on any atom is 0.337 e. The molecular formula is C16H20O5. The largest absolute Gasteiger partial charge is 0.478 e. The number of aliphatic hydroxyl groups is 1. The van der Waals surface area contributed by atoms with Crippen molar-refractivity contribution in [3.05, 3.63) is 47.5 Å². The Bertz CT molecular complexity index is 532.